The normalized spacial score (nSPS) is 12.9. The quantitative estimate of drug-likeness (QED) is 0.452. The number of hydrogen-bond acceptors (Lipinski definition) is 2. The molecule has 1 amide bonds. The highest BCUT2D eigenvalue weighted by Gasteiger charge is 2.17. The fourth-order valence-corrected chi connectivity index (χ4v) is 3.82. The van der Waals surface area contributed by atoms with Crippen LogP contribution in [0.25, 0.3) is 16.8 Å². The second-order valence-electron chi connectivity index (χ2n) is 6.40. The van der Waals surface area contributed by atoms with E-state index in [4.69, 9.17) is 23.2 Å². The molecule has 4 rings (SSSR count). The van der Waals surface area contributed by atoms with Gasteiger partial charge in [-0.15, -0.1) is 0 Å². The van der Waals surface area contributed by atoms with Gasteiger partial charge in [-0.3, -0.25) is 4.79 Å². The first-order valence-electron chi connectivity index (χ1n) is 8.48. The van der Waals surface area contributed by atoms with Gasteiger partial charge >= 0.3 is 0 Å². The van der Waals surface area contributed by atoms with Gasteiger partial charge in [0.25, 0.3) is 5.91 Å². The molecule has 3 aromatic carbocycles. The zero-order valence-corrected chi connectivity index (χ0v) is 15.7. The Hall–Kier alpha value is -2.80. The average Bonchev–Trinajstić information content (AvgIpc) is 3.09. The summed E-state index contributed by atoms with van der Waals surface area (Å²) in [6, 6.07) is 17.0. The number of halogens is 2. The van der Waals surface area contributed by atoms with Crippen LogP contribution in [0.3, 0.4) is 0 Å². The van der Waals surface area contributed by atoms with Crippen molar-refractivity contribution in [2.45, 2.75) is 12.8 Å². The summed E-state index contributed by atoms with van der Waals surface area (Å²) < 4.78 is 0. The largest absolute Gasteiger partial charge is 0.320 e. The molecule has 0 saturated heterocycles. The lowest BCUT2D eigenvalue weighted by molar-refractivity contribution is -0.112. The average molecular weight is 393 g/mol. The number of aryl methyl sites for hydroxylation is 2. The minimum Gasteiger partial charge on any atom is -0.320 e. The van der Waals surface area contributed by atoms with Crippen LogP contribution in [0.2, 0.25) is 10.0 Å². The number of anilines is 1. The highest BCUT2D eigenvalue weighted by atomic mass is 35.5. The highest BCUT2D eigenvalue weighted by molar-refractivity contribution is 6.36. The van der Waals surface area contributed by atoms with Gasteiger partial charge in [-0.1, -0.05) is 53.5 Å². The molecule has 1 aliphatic carbocycles. The zero-order valence-electron chi connectivity index (χ0n) is 14.2. The van der Waals surface area contributed by atoms with E-state index in [1.807, 2.05) is 24.3 Å². The van der Waals surface area contributed by atoms with Crippen molar-refractivity contribution < 1.29 is 4.79 Å². The Morgan fingerprint density at radius 3 is 2.63 bits per heavy atom. The van der Waals surface area contributed by atoms with E-state index in [2.05, 4.69) is 17.4 Å². The van der Waals surface area contributed by atoms with E-state index in [-0.39, 0.29) is 5.57 Å². The SMILES string of the molecule is N#C/C(=C/c1ccc2c3c(cccc13)CC2)C(=O)Nc1cc(Cl)ccc1Cl. The van der Waals surface area contributed by atoms with Crippen LogP contribution >= 0.6 is 23.2 Å². The van der Waals surface area contributed by atoms with Crippen LogP contribution in [-0.2, 0) is 17.6 Å². The summed E-state index contributed by atoms with van der Waals surface area (Å²) in [7, 11) is 0. The standard InChI is InChI=1S/C22H14Cl2N2O/c23-17-8-9-19(24)20(11-17)26-22(27)16(12-25)10-15-7-6-14-5-4-13-2-1-3-18(15)21(13)14/h1-3,6-11H,4-5H2,(H,26,27)/b16-10-. The van der Waals surface area contributed by atoms with E-state index >= 15 is 0 Å². The summed E-state index contributed by atoms with van der Waals surface area (Å²) in [5.74, 6) is -0.523. The zero-order chi connectivity index (χ0) is 19.0. The number of carbonyl (C=O) groups excluding carboxylic acids is 1. The maximum absolute atomic E-state index is 12.6. The summed E-state index contributed by atoms with van der Waals surface area (Å²) in [6.45, 7) is 0. The molecule has 0 fully saturated rings. The van der Waals surface area contributed by atoms with Crippen molar-refractivity contribution in [2.24, 2.45) is 0 Å². The van der Waals surface area contributed by atoms with Gasteiger partial charge in [0, 0.05) is 5.02 Å². The van der Waals surface area contributed by atoms with E-state index in [1.54, 1.807) is 24.3 Å². The van der Waals surface area contributed by atoms with Gasteiger partial charge in [0.15, 0.2) is 0 Å². The molecule has 1 aliphatic rings. The predicted octanol–water partition coefficient (Wildman–Crippen LogP) is 5.79. The van der Waals surface area contributed by atoms with Crippen LogP contribution in [0.15, 0.2) is 54.1 Å². The van der Waals surface area contributed by atoms with Gasteiger partial charge in [0.05, 0.1) is 10.7 Å². The number of rotatable bonds is 3. The van der Waals surface area contributed by atoms with Crippen molar-refractivity contribution in [3.8, 4) is 6.07 Å². The number of benzene rings is 3. The second-order valence-corrected chi connectivity index (χ2v) is 7.25. The van der Waals surface area contributed by atoms with Crippen LogP contribution in [0.4, 0.5) is 5.69 Å². The first-order valence-corrected chi connectivity index (χ1v) is 9.24. The number of nitrogens with zero attached hydrogens (tertiary/aromatic N) is 1. The molecular weight excluding hydrogens is 379 g/mol. The molecular formula is C22H14Cl2N2O. The van der Waals surface area contributed by atoms with Gasteiger partial charge in [-0.05, 0) is 64.6 Å². The maximum Gasteiger partial charge on any atom is 0.266 e. The van der Waals surface area contributed by atoms with Crippen LogP contribution in [0.1, 0.15) is 16.7 Å². The molecule has 3 nitrogen and oxygen atoms in total. The Labute approximate surface area is 166 Å². The molecule has 0 aromatic heterocycles. The second kappa shape index (κ2) is 7.08. The van der Waals surface area contributed by atoms with E-state index in [0.29, 0.717) is 15.7 Å². The molecule has 0 heterocycles. The molecule has 132 valence electrons. The molecule has 0 atom stereocenters. The Bertz CT molecular complexity index is 1150. The smallest absolute Gasteiger partial charge is 0.266 e. The number of amides is 1. The Morgan fingerprint density at radius 1 is 1.07 bits per heavy atom. The van der Waals surface area contributed by atoms with Gasteiger partial charge in [0.1, 0.15) is 11.6 Å². The summed E-state index contributed by atoms with van der Waals surface area (Å²) >= 11 is 12.0. The number of carbonyl (C=O) groups is 1. The lowest BCUT2D eigenvalue weighted by atomic mass is 9.98. The van der Waals surface area contributed by atoms with Crippen molar-refractivity contribution >= 4 is 51.6 Å². The topological polar surface area (TPSA) is 52.9 Å². The third kappa shape index (κ3) is 3.30. The van der Waals surface area contributed by atoms with Crippen molar-refractivity contribution in [1.82, 2.24) is 0 Å². The first-order chi connectivity index (χ1) is 13.1. The van der Waals surface area contributed by atoms with Crippen molar-refractivity contribution in [3.63, 3.8) is 0 Å². The Balaban J connectivity index is 1.72. The molecule has 0 saturated carbocycles. The third-order valence-corrected chi connectivity index (χ3v) is 5.32. The van der Waals surface area contributed by atoms with Gasteiger partial charge in [-0.2, -0.15) is 5.26 Å². The van der Waals surface area contributed by atoms with Crippen LogP contribution in [0, 0.1) is 11.3 Å². The fraction of sp³-hybridized carbons (Fsp3) is 0.0909. The van der Waals surface area contributed by atoms with Crippen LogP contribution in [-0.4, -0.2) is 5.91 Å². The fourth-order valence-electron chi connectivity index (χ4n) is 3.48. The predicted molar refractivity (Wildman–Crippen MR) is 110 cm³/mol. The molecule has 0 bridgehead atoms. The van der Waals surface area contributed by atoms with Crippen molar-refractivity contribution in [3.05, 3.63) is 80.8 Å². The lowest BCUT2D eigenvalue weighted by Crippen LogP contribution is -2.13. The summed E-state index contributed by atoms with van der Waals surface area (Å²) in [5, 5.41) is 15.3. The molecule has 27 heavy (non-hydrogen) atoms. The molecule has 0 radical (unpaired) electrons. The van der Waals surface area contributed by atoms with Crippen LogP contribution < -0.4 is 5.32 Å². The minimum atomic E-state index is -0.523. The van der Waals surface area contributed by atoms with E-state index < -0.39 is 5.91 Å². The lowest BCUT2D eigenvalue weighted by Gasteiger charge is -2.08. The van der Waals surface area contributed by atoms with Crippen molar-refractivity contribution in [1.29, 1.82) is 5.26 Å². The van der Waals surface area contributed by atoms with Crippen LogP contribution in [0.5, 0.6) is 0 Å². The van der Waals surface area contributed by atoms with Crippen molar-refractivity contribution in [2.75, 3.05) is 5.32 Å². The molecule has 3 aromatic rings. The molecule has 5 heteroatoms. The Morgan fingerprint density at radius 2 is 1.85 bits per heavy atom. The number of hydrogen-bond donors (Lipinski definition) is 1. The Kier molecular flexibility index (Phi) is 4.61. The minimum absolute atomic E-state index is 0.00439. The summed E-state index contributed by atoms with van der Waals surface area (Å²) in [6.07, 6.45) is 3.67. The van der Waals surface area contributed by atoms with E-state index in [0.717, 1.165) is 23.8 Å². The van der Waals surface area contributed by atoms with E-state index in [1.165, 1.54) is 16.5 Å². The van der Waals surface area contributed by atoms with Gasteiger partial charge in [-0.25, -0.2) is 0 Å². The molecule has 0 spiro atoms. The highest BCUT2D eigenvalue weighted by Crippen LogP contribution is 2.33. The van der Waals surface area contributed by atoms with Gasteiger partial charge in [0.2, 0.25) is 0 Å². The molecule has 1 N–H and O–H groups in total. The third-order valence-electron chi connectivity index (χ3n) is 4.75. The monoisotopic (exact) mass is 392 g/mol. The summed E-state index contributed by atoms with van der Waals surface area (Å²) in [4.78, 5) is 12.6. The molecule has 0 unspecified atom stereocenters. The van der Waals surface area contributed by atoms with E-state index in [9.17, 15) is 10.1 Å². The maximum atomic E-state index is 12.6. The molecule has 0 aliphatic heterocycles. The first kappa shape index (κ1) is 17.6. The number of nitrogens with one attached hydrogen (secondary N) is 1. The number of nitriles is 1. The summed E-state index contributed by atoms with van der Waals surface area (Å²) in [5.41, 5.74) is 3.85. The van der Waals surface area contributed by atoms with Gasteiger partial charge < -0.3 is 5.32 Å².